The monoisotopic (exact) mass is 512 g/mol. The van der Waals surface area contributed by atoms with Crippen LogP contribution in [0.5, 0.6) is 5.75 Å². The van der Waals surface area contributed by atoms with Crippen LogP contribution in [-0.2, 0) is 11.6 Å². The van der Waals surface area contributed by atoms with Gasteiger partial charge in [-0.1, -0.05) is 6.92 Å². The number of carbonyl (C=O) groups is 1. The normalized spacial score (nSPS) is 15.4. The molecule has 9 heteroatoms. The third kappa shape index (κ3) is 5.08. The topological polar surface area (TPSA) is 61.6 Å². The van der Waals surface area contributed by atoms with Crippen molar-refractivity contribution in [3.63, 3.8) is 0 Å². The van der Waals surface area contributed by atoms with Gasteiger partial charge < -0.3 is 24.5 Å². The first-order valence-corrected chi connectivity index (χ1v) is 12.0. The number of amides is 1. The summed E-state index contributed by atoms with van der Waals surface area (Å²) in [5, 5.41) is 7.71. The fourth-order valence-electron chi connectivity index (χ4n) is 4.96. The standard InChI is InChI=1S/C28H31F3N4O2/c1-27(25-6-5-13-35(25)22-9-8-21(28(29,30)31)16-20(22)18-32)11-14-34(15-12-27)26(36)19-7-10-24(37-4)23(17-19)33(2)3/h5-10,13,16-18,32H,11-12,14-15H2,1-4H3. The zero-order chi connectivity index (χ0) is 27.0. The van der Waals surface area contributed by atoms with Crippen LogP contribution < -0.4 is 9.64 Å². The van der Waals surface area contributed by atoms with E-state index in [2.05, 4.69) is 6.92 Å². The molecule has 6 nitrogen and oxygen atoms in total. The number of carbonyl (C=O) groups excluding carboxylic acids is 1. The predicted octanol–water partition coefficient (Wildman–Crippen LogP) is 5.76. The second-order valence-electron chi connectivity index (χ2n) is 9.81. The number of aromatic nitrogens is 1. The lowest BCUT2D eigenvalue weighted by Gasteiger charge is -2.40. The fraction of sp³-hybridized carbons (Fsp3) is 0.357. The van der Waals surface area contributed by atoms with Gasteiger partial charge in [0.05, 0.1) is 24.0 Å². The number of benzene rings is 2. The quantitative estimate of drug-likeness (QED) is 0.427. The summed E-state index contributed by atoms with van der Waals surface area (Å²) in [6.07, 6.45) is -0.318. The number of methoxy groups -OCH3 is 1. The van der Waals surface area contributed by atoms with E-state index in [1.807, 2.05) is 52.9 Å². The Balaban J connectivity index is 1.56. The van der Waals surface area contributed by atoms with Gasteiger partial charge in [-0.2, -0.15) is 13.2 Å². The minimum Gasteiger partial charge on any atom is -0.495 e. The average molecular weight is 513 g/mol. The summed E-state index contributed by atoms with van der Waals surface area (Å²) in [6.45, 7) is 3.22. The molecule has 1 fully saturated rings. The number of rotatable bonds is 6. The first-order chi connectivity index (χ1) is 17.5. The van der Waals surface area contributed by atoms with Crippen molar-refractivity contribution in [2.24, 2.45) is 0 Å². The zero-order valence-electron chi connectivity index (χ0n) is 21.4. The van der Waals surface area contributed by atoms with Gasteiger partial charge in [0.2, 0.25) is 0 Å². The zero-order valence-corrected chi connectivity index (χ0v) is 21.4. The molecule has 37 heavy (non-hydrogen) atoms. The molecule has 1 saturated heterocycles. The molecule has 1 N–H and O–H groups in total. The van der Waals surface area contributed by atoms with E-state index < -0.39 is 11.7 Å². The maximum Gasteiger partial charge on any atom is 0.416 e. The van der Waals surface area contributed by atoms with E-state index in [-0.39, 0.29) is 16.9 Å². The number of nitrogens with zero attached hydrogens (tertiary/aromatic N) is 3. The third-order valence-electron chi connectivity index (χ3n) is 7.20. The molecular formula is C28H31F3N4O2. The maximum atomic E-state index is 13.3. The van der Waals surface area contributed by atoms with Crippen LogP contribution in [0, 0.1) is 5.41 Å². The Morgan fingerprint density at radius 3 is 2.41 bits per heavy atom. The molecule has 196 valence electrons. The fourth-order valence-corrected chi connectivity index (χ4v) is 4.96. The number of anilines is 1. The highest BCUT2D eigenvalue weighted by atomic mass is 19.4. The van der Waals surface area contributed by atoms with Crippen molar-refractivity contribution in [1.82, 2.24) is 9.47 Å². The molecular weight excluding hydrogens is 481 g/mol. The second-order valence-corrected chi connectivity index (χ2v) is 9.81. The second kappa shape index (κ2) is 9.95. The molecule has 0 unspecified atom stereocenters. The molecule has 0 aliphatic carbocycles. The number of ether oxygens (including phenoxy) is 1. The largest absolute Gasteiger partial charge is 0.495 e. The van der Waals surface area contributed by atoms with Crippen LogP contribution in [0.2, 0.25) is 0 Å². The Kier molecular flexibility index (Phi) is 7.08. The van der Waals surface area contributed by atoms with Gasteiger partial charge in [-0.15, -0.1) is 0 Å². The van der Waals surface area contributed by atoms with E-state index in [1.54, 1.807) is 19.2 Å². The number of hydrogen-bond acceptors (Lipinski definition) is 4. The SMILES string of the molecule is COc1ccc(C(=O)N2CCC(C)(c3cccn3-c3ccc(C(F)(F)F)cc3C=N)CC2)cc1N(C)C. The van der Waals surface area contributed by atoms with Crippen molar-refractivity contribution in [2.45, 2.75) is 31.4 Å². The summed E-state index contributed by atoms with van der Waals surface area (Å²) in [5.74, 6) is 0.651. The molecule has 0 radical (unpaired) electrons. The summed E-state index contributed by atoms with van der Waals surface area (Å²) in [5.41, 5.74) is 2.01. The van der Waals surface area contributed by atoms with Crippen LogP contribution in [0.1, 0.15) is 46.9 Å². The third-order valence-corrected chi connectivity index (χ3v) is 7.20. The highest BCUT2D eigenvalue weighted by Gasteiger charge is 2.36. The molecule has 3 aromatic rings. The number of likely N-dealkylation sites (tertiary alicyclic amines) is 1. The lowest BCUT2D eigenvalue weighted by atomic mass is 9.77. The van der Waals surface area contributed by atoms with E-state index in [1.165, 1.54) is 6.07 Å². The van der Waals surface area contributed by atoms with Crippen LogP contribution in [0.15, 0.2) is 54.7 Å². The van der Waals surface area contributed by atoms with Crippen molar-refractivity contribution >= 4 is 17.8 Å². The van der Waals surface area contributed by atoms with Crippen LogP contribution in [0.4, 0.5) is 18.9 Å². The summed E-state index contributed by atoms with van der Waals surface area (Å²) >= 11 is 0. The highest BCUT2D eigenvalue weighted by Crippen LogP contribution is 2.38. The molecule has 0 saturated carbocycles. The van der Waals surface area contributed by atoms with Crippen LogP contribution in [-0.4, -0.2) is 55.9 Å². The Bertz CT molecular complexity index is 1300. The molecule has 2 heterocycles. The van der Waals surface area contributed by atoms with Crippen molar-refractivity contribution in [2.75, 3.05) is 39.2 Å². The van der Waals surface area contributed by atoms with E-state index >= 15 is 0 Å². The van der Waals surface area contributed by atoms with Crippen LogP contribution in [0.3, 0.4) is 0 Å². The van der Waals surface area contributed by atoms with E-state index in [9.17, 15) is 18.0 Å². The average Bonchev–Trinajstić information content (AvgIpc) is 3.38. The number of halogens is 3. The molecule has 0 spiro atoms. The summed E-state index contributed by atoms with van der Waals surface area (Å²) < 4.78 is 46.9. The number of nitrogens with one attached hydrogen (secondary N) is 1. The minimum atomic E-state index is -4.47. The van der Waals surface area contributed by atoms with Crippen molar-refractivity contribution in [3.05, 3.63) is 77.1 Å². The summed E-state index contributed by atoms with van der Waals surface area (Å²) in [4.78, 5) is 17.0. The van der Waals surface area contributed by atoms with Crippen LogP contribution in [0.25, 0.3) is 5.69 Å². The van der Waals surface area contributed by atoms with Gasteiger partial charge in [0.1, 0.15) is 5.75 Å². The van der Waals surface area contributed by atoms with Crippen LogP contribution >= 0.6 is 0 Å². The van der Waals surface area contributed by atoms with E-state index in [0.29, 0.717) is 42.9 Å². The Labute approximate surface area is 214 Å². The summed E-state index contributed by atoms with van der Waals surface area (Å²) in [6, 6.07) is 12.7. The smallest absolute Gasteiger partial charge is 0.416 e. The number of piperidine rings is 1. The molecule has 1 aliphatic rings. The molecule has 0 bridgehead atoms. The Morgan fingerprint density at radius 2 is 1.81 bits per heavy atom. The van der Waals surface area contributed by atoms with Gasteiger partial charge >= 0.3 is 6.18 Å². The van der Waals surface area contributed by atoms with Crippen molar-refractivity contribution in [1.29, 1.82) is 5.41 Å². The molecule has 1 amide bonds. The van der Waals surface area contributed by atoms with Gasteiger partial charge in [0.25, 0.3) is 5.91 Å². The van der Waals surface area contributed by atoms with Gasteiger partial charge in [0, 0.05) is 61.8 Å². The van der Waals surface area contributed by atoms with Gasteiger partial charge in [0.15, 0.2) is 0 Å². The van der Waals surface area contributed by atoms with E-state index in [0.717, 1.165) is 29.7 Å². The van der Waals surface area contributed by atoms with Gasteiger partial charge in [-0.05, 0) is 61.4 Å². The van der Waals surface area contributed by atoms with Gasteiger partial charge in [-0.25, -0.2) is 0 Å². The van der Waals surface area contributed by atoms with Crippen molar-refractivity contribution in [3.8, 4) is 11.4 Å². The molecule has 1 aliphatic heterocycles. The number of alkyl halides is 3. The first-order valence-electron chi connectivity index (χ1n) is 12.0. The molecule has 2 aromatic carbocycles. The maximum absolute atomic E-state index is 13.3. The van der Waals surface area contributed by atoms with Gasteiger partial charge in [-0.3, -0.25) is 4.79 Å². The number of hydrogen-bond donors (Lipinski definition) is 1. The molecule has 1 aromatic heterocycles. The lowest BCUT2D eigenvalue weighted by molar-refractivity contribution is -0.137. The van der Waals surface area contributed by atoms with Crippen molar-refractivity contribution < 1.29 is 22.7 Å². The Hall–Kier alpha value is -3.75. The Morgan fingerprint density at radius 1 is 1.11 bits per heavy atom. The first kappa shape index (κ1) is 26.3. The highest BCUT2D eigenvalue weighted by molar-refractivity contribution is 5.95. The predicted molar refractivity (Wildman–Crippen MR) is 138 cm³/mol. The minimum absolute atomic E-state index is 0.0444. The lowest BCUT2D eigenvalue weighted by Crippen LogP contribution is -2.44. The summed E-state index contributed by atoms with van der Waals surface area (Å²) in [7, 11) is 5.39. The molecule has 0 atom stereocenters. The van der Waals surface area contributed by atoms with E-state index in [4.69, 9.17) is 10.1 Å². The molecule has 4 rings (SSSR count).